The molecule has 2 saturated heterocycles. The van der Waals surface area contributed by atoms with Crippen LogP contribution in [0, 0.1) is 10.1 Å². The van der Waals surface area contributed by atoms with Crippen molar-refractivity contribution in [3.05, 3.63) is 39.9 Å². The second-order valence-corrected chi connectivity index (χ2v) is 10.9. The van der Waals surface area contributed by atoms with Crippen LogP contribution in [0.4, 0.5) is 5.69 Å². The van der Waals surface area contributed by atoms with Crippen LogP contribution in [-0.2, 0) is 24.4 Å². The Bertz CT molecular complexity index is 979. The molecule has 0 bridgehead atoms. The van der Waals surface area contributed by atoms with E-state index >= 15 is 0 Å². The van der Waals surface area contributed by atoms with E-state index in [9.17, 15) is 32.7 Å². The van der Waals surface area contributed by atoms with Gasteiger partial charge in [0.2, 0.25) is 11.8 Å². The number of carbonyl (C=O) groups is 2. The first-order chi connectivity index (χ1) is 13.9. The molecule has 2 heterocycles. The molecule has 2 N–H and O–H groups in total. The van der Waals surface area contributed by atoms with Gasteiger partial charge in [0.05, 0.1) is 22.8 Å². The Hall–Kier alpha value is -2.22. The molecule has 0 spiro atoms. The van der Waals surface area contributed by atoms with Gasteiger partial charge in [0.15, 0.2) is 11.5 Å². The van der Waals surface area contributed by atoms with Crippen molar-refractivity contribution in [2.45, 2.75) is 47.9 Å². The lowest BCUT2D eigenvalue weighted by atomic mass is 9.96. The van der Waals surface area contributed by atoms with E-state index in [0.29, 0.717) is 6.42 Å². The molecule has 2 aliphatic heterocycles. The number of nitro groups is 1. The Kier molecular flexibility index (Phi) is 5.84. The normalized spacial score (nSPS) is 24.5. The molecule has 164 valence electrons. The molecule has 2 unspecified atom stereocenters. The monoisotopic (exact) mass is 459 g/mol. The molecule has 0 radical (unpaired) electrons. The van der Waals surface area contributed by atoms with E-state index in [0.717, 1.165) is 24.3 Å². The summed E-state index contributed by atoms with van der Waals surface area (Å²) in [5, 5.41) is 11.2. The third kappa shape index (κ3) is 4.02. The van der Waals surface area contributed by atoms with E-state index in [2.05, 4.69) is 5.32 Å². The van der Waals surface area contributed by atoms with Gasteiger partial charge >= 0.3 is 0 Å². The maximum absolute atomic E-state index is 12.9. The van der Waals surface area contributed by atoms with E-state index in [-0.39, 0.29) is 22.5 Å². The Balaban J connectivity index is 1.88. The van der Waals surface area contributed by atoms with Gasteiger partial charge in [0.1, 0.15) is 0 Å². The minimum absolute atomic E-state index is 0.0425. The molecule has 11 nitrogen and oxygen atoms in total. The maximum atomic E-state index is 12.9. The number of thioether (sulfide) groups is 1. The highest BCUT2D eigenvalue weighted by Gasteiger charge is 2.58. The van der Waals surface area contributed by atoms with Crippen molar-refractivity contribution in [3.63, 3.8) is 0 Å². The van der Waals surface area contributed by atoms with E-state index in [1.165, 1.54) is 7.11 Å². The van der Waals surface area contributed by atoms with Gasteiger partial charge in [0, 0.05) is 24.0 Å². The van der Waals surface area contributed by atoms with Crippen LogP contribution in [0.1, 0.15) is 31.1 Å². The highest BCUT2D eigenvalue weighted by atomic mass is 32.2. The number of methoxy groups -OCH3 is 1. The zero-order valence-corrected chi connectivity index (χ0v) is 18.0. The fraction of sp³-hybridized carbons (Fsp3) is 0.529. The lowest BCUT2D eigenvalue weighted by Gasteiger charge is -2.42. The topological polar surface area (TPSA) is 156 Å². The smallest absolute Gasteiger partial charge is 0.281 e. The standard InChI is InChI=1S/C17H21N3O8S2/c1-17(2)14(19-11(21)8-12(19)29-17)16(28-3)18-15(22)13(30(25,26)27)9-4-6-10(7-5-9)20(23)24/h4-7,12-14,16H,8H2,1-3H3,(H,18,22)(H,25,26,27)/t12-,13?,14+,16?/m1/s1. The van der Waals surface area contributed by atoms with Crippen LogP contribution in [0.3, 0.4) is 0 Å². The third-order valence-electron chi connectivity index (χ3n) is 5.17. The average molecular weight is 460 g/mol. The number of β-lactam (4-membered cyclic amide) rings is 1. The highest BCUT2D eigenvalue weighted by Crippen LogP contribution is 2.51. The molecule has 4 atom stereocenters. The molecule has 2 aliphatic rings. The number of benzene rings is 1. The number of ether oxygens (including phenoxy) is 1. The summed E-state index contributed by atoms with van der Waals surface area (Å²) in [7, 11) is -3.58. The van der Waals surface area contributed by atoms with Crippen LogP contribution in [0.15, 0.2) is 24.3 Å². The molecule has 3 rings (SSSR count). The van der Waals surface area contributed by atoms with Gasteiger partial charge in [-0.2, -0.15) is 8.42 Å². The molecule has 2 amide bonds. The van der Waals surface area contributed by atoms with E-state index in [4.69, 9.17) is 4.74 Å². The average Bonchev–Trinajstić information content (AvgIpc) is 2.84. The van der Waals surface area contributed by atoms with Crippen LogP contribution < -0.4 is 5.32 Å². The first-order valence-electron chi connectivity index (χ1n) is 8.89. The number of hydrogen-bond acceptors (Lipinski definition) is 8. The van der Waals surface area contributed by atoms with Crippen LogP contribution in [0.5, 0.6) is 0 Å². The highest BCUT2D eigenvalue weighted by molar-refractivity contribution is 8.01. The summed E-state index contributed by atoms with van der Waals surface area (Å²) in [4.78, 5) is 36.7. The minimum atomic E-state index is -4.90. The molecular weight excluding hydrogens is 438 g/mol. The Labute approximate surface area is 177 Å². The number of fused-ring (bicyclic) bond motifs is 1. The van der Waals surface area contributed by atoms with Gasteiger partial charge in [-0.15, -0.1) is 11.8 Å². The van der Waals surface area contributed by atoms with Crippen molar-refractivity contribution in [1.82, 2.24) is 10.2 Å². The number of nitrogens with zero attached hydrogens (tertiary/aromatic N) is 2. The third-order valence-corrected chi connectivity index (χ3v) is 7.76. The zero-order valence-electron chi connectivity index (χ0n) is 16.3. The van der Waals surface area contributed by atoms with Crippen molar-refractivity contribution in [2.75, 3.05) is 7.11 Å². The Morgan fingerprint density at radius 3 is 2.47 bits per heavy atom. The second kappa shape index (κ2) is 7.80. The van der Waals surface area contributed by atoms with Crippen LogP contribution in [0.25, 0.3) is 0 Å². The second-order valence-electron chi connectivity index (χ2n) is 7.53. The maximum Gasteiger partial charge on any atom is 0.281 e. The number of rotatable bonds is 7. The molecule has 0 aromatic heterocycles. The largest absolute Gasteiger partial charge is 0.359 e. The van der Waals surface area contributed by atoms with Gasteiger partial charge in [0.25, 0.3) is 15.8 Å². The molecule has 1 aromatic carbocycles. The number of carbonyl (C=O) groups excluding carboxylic acids is 2. The van der Waals surface area contributed by atoms with E-state index < -0.39 is 43.2 Å². The van der Waals surface area contributed by atoms with Gasteiger partial charge in [-0.25, -0.2) is 0 Å². The van der Waals surface area contributed by atoms with Crippen molar-refractivity contribution in [1.29, 1.82) is 0 Å². The Morgan fingerprint density at radius 1 is 1.40 bits per heavy atom. The summed E-state index contributed by atoms with van der Waals surface area (Å²) in [6.45, 7) is 3.78. The van der Waals surface area contributed by atoms with Crippen LogP contribution >= 0.6 is 11.8 Å². The number of nitrogens with one attached hydrogen (secondary N) is 1. The summed E-state index contributed by atoms with van der Waals surface area (Å²) in [6.07, 6.45) is -0.651. The van der Waals surface area contributed by atoms with E-state index in [1.807, 2.05) is 13.8 Å². The molecule has 0 saturated carbocycles. The zero-order chi connectivity index (χ0) is 22.4. The fourth-order valence-electron chi connectivity index (χ4n) is 3.81. The lowest BCUT2D eigenvalue weighted by molar-refractivity contribution is -0.384. The van der Waals surface area contributed by atoms with E-state index in [1.54, 1.807) is 16.7 Å². The summed E-state index contributed by atoms with van der Waals surface area (Å²) >= 11 is 1.56. The quantitative estimate of drug-likeness (QED) is 0.200. The van der Waals surface area contributed by atoms with Gasteiger partial charge in [-0.1, -0.05) is 12.1 Å². The predicted molar refractivity (Wildman–Crippen MR) is 107 cm³/mol. The van der Waals surface area contributed by atoms with Gasteiger partial charge in [-0.3, -0.25) is 24.3 Å². The summed E-state index contributed by atoms with van der Waals surface area (Å²) in [5.74, 6) is -1.17. The number of non-ortho nitro benzene ring substituents is 1. The Morgan fingerprint density at radius 2 is 2.00 bits per heavy atom. The minimum Gasteiger partial charge on any atom is -0.359 e. The first kappa shape index (κ1) is 22.5. The summed E-state index contributed by atoms with van der Waals surface area (Å²) in [6, 6.07) is 3.69. The molecule has 13 heteroatoms. The number of hydrogen-bond donors (Lipinski definition) is 2. The van der Waals surface area contributed by atoms with Crippen molar-refractivity contribution >= 4 is 39.4 Å². The molecule has 2 fully saturated rings. The van der Waals surface area contributed by atoms with Gasteiger partial charge < -0.3 is 15.0 Å². The first-order valence-corrected chi connectivity index (χ1v) is 11.3. The van der Waals surface area contributed by atoms with Crippen LogP contribution in [-0.4, -0.2) is 64.1 Å². The summed E-state index contributed by atoms with van der Waals surface area (Å²) in [5.41, 5.74) is -0.441. The van der Waals surface area contributed by atoms with Crippen molar-refractivity contribution < 1.29 is 32.2 Å². The summed E-state index contributed by atoms with van der Waals surface area (Å²) < 4.78 is 38.4. The fourth-order valence-corrected chi connectivity index (χ4v) is 6.32. The molecule has 0 aliphatic carbocycles. The number of amides is 2. The number of nitro benzene ring substituents is 1. The molecular formula is C17H21N3O8S2. The molecule has 1 aromatic rings. The van der Waals surface area contributed by atoms with Crippen LogP contribution in [0.2, 0.25) is 0 Å². The van der Waals surface area contributed by atoms with Gasteiger partial charge in [-0.05, 0) is 19.4 Å². The van der Waals surface area contributed by atoms with Crippen molar-refractivity contribution in [2.24, 2.45) is 0 Å². The SMILES string of the molecule is COC(NC(=O)C(c1ccc([N+](=O)[O-])cc1)S(=O)(=O)O)[C@@H]1N2C(=O)C[C@H]2SC1(C)C. The molecule has 30 heavy (non-hydrogen) atoms. The lowest BCUT2D eigenvalue weighted by Crippen LogP contribution is -2.62. The predicted octanol–water partition coefficient (Wildman–Crippen LogP) is 1.06. The van der Waals surface area contributed by atoms with Crippen molar-refractivity contribution in [3.8, 4) is 0 Å².